The van der Waals surface area contributed by atoms with Gasteiger partial charge in [-0.3, -0.25) is 24.6 Å². The summed E-state index contributed by atoms with van der Waals surface area (Å²) in [7, 11) is 0. The molecule has 0 saturated heterocycles. The molecule has 0 fully saturated rings. The first-order valence-corrected chi connectivity index (χ1v) is 8.90. The van der Waals surface area contributed by atoms with Gasteiger partial charge in [-0.1, -0.05) is 12.8 Å². The molecule has 0 saturated carbocycles. The Labute approximate surface area is 167 Å². The van der Waals surface area contributed by atoms with Crippen LogP contribution in [0.2, 0.25) is 0 Å². The van der Waals surface area contributed by atoms with Gasteiger partial charge in [-0.25, -0.2) is 4.39 Å². The summed E-state index contributed by atoms with van der Waals surface area (Å²) in [5.74, 6) is 0.883. The van der Waals surface area contributed by atoms with E-state index in [1.54, 1.807) is 0 Å². The Morgan fingerprint density at radius 2 is 1.86 bits per heavy atom. The molecule has 150 valence electrons. The lowest BCUT2D eigenvalue weighted by molar-refractivity contribution is -0.385. The molecule has 7 nitrogen and oxygen atoms in total. The van der Waals surface area contributed by atoms with Gasteiger partial charge in [-0.2, -0.15) is 0 Å². The number of amides is 1. The Morgan fingerprint density at radius 1 is 1.21 bits per heavy atom. The van der Waals surface area contributed by atoms with E-state index in [4.69, 9.17) is 6.42 Å². The first-order valence-electron chi connectivity index (χ1n) is 8.90. The number of carbonyl (C=O) groups excluding carboxylic acids is 2. The molecule has 8 heteroatoms. The van der Waals surface area contributed by atoms with Crippen molar-refractivity contribution in [2.75, 3.05) is 26.2 Å². The van der Waals surface area contributed by atoms with E-state index in [9.17, 15) is 24.1 Å². The topological polar surface area (TPSA) is 92.6 Å². The van der Waals surface area contributed by atoms with Gasteiger partial charge in [0.2, 0.25) is 0 Å². The quantitative estimate of drug-likeness (QED) is 0.304. The highest BCUT2D eigenvalue weighted by atomic mass is 19.1. The number of carbonyl (C=O) groups is 2. The van der Waals surface area contributed by atoms with Gasteiger partial charge in [0.25, 0.3) is 11.6 Å². The summed E-state index contributed by atoms with van der Waals surface area (Å²) in [6.07, 6.45) is 5.27. The summed E-state index contributed by atoms with van der Waals surface area (Å²) in [6, 6.07) is 8.33. The number of nitro benzene ring substituents is 1. The van der Waals surface area contributed by atoms with Gasteiger partial charge in [-0.15, -0.1) is 6.42 Å². The second-order valence-corrected chi connectivity index (χ2v) is 6.15. The molecule has 29 heavy (non-hydrogen) atoms. The number of nitrogens with one attached hydrogen (secondary N) is 1. The fraction of sp³-hybridized carbons (Fsp3) is 0.238. The maximum Gasteiger partial charge on any atom is 0.281 e. The van der Waals surface area contributed by atoms with Gasteiger partial charge in [0.05, 0.1) is 11.5 Å². The van der Waals surface area contributed by atoms with E-state index in [0.717, 1.165) is 24.7 Å². The maximum absolute atomic E-state index is 13.0. The standard InChI is InChI=1S/C21H20FN3O4/c1-3-12-24(4-2)13-11-23-21(27)16-7-10-18(19(14-16)25(28)29)20(26)15-5-8-17(22)9-6-15/h1,5-10,14H,4,11-13H2,2H3,(H,23,27). The molecule has 0 bridgehead atoms. The van der Waals surface area contributed by atoms with E-state index in [-0.39, 0.29) is 16.7 Å². The largest absolute Gasteiger partial charge is 0.351 e. The minimum Gasteiger partial charge on any atom is -0.351 e. The van der Waals surface area contributed by atoms with Crippen LogP contribution in [-0.2, 0) is 0 Å². The first-order chi connectivity index (χ1) is 13.9. The number of nitro groups is 1. The summed E-state index contributed by atoms with van der Waals surface area (Å²) in [5.41, 5.74) is -0.494. The normalized spacial score (nSPS) is 10.4. The van der Waals surface area contributed by atoms with Gasteiger partial charge in [-0.05, 0) is 42.9 Å². The SMILES string of the molecule is C#CCN(CC)CCNC(=O)c1ccc(C(=O)c2ccc(F)cc2)c([N+](=O)[O-])c1. The summed E-state index contributed by atoms with van der Waals surface area (Å²) < 4.78 is 13.0. The molecule has 0 aromatic heterocycles. The molecular formula is C21H20FN3O4. The third-order valence-corrected chi connectivity index (χ3v) is 4.28. The number of halogens is 1. The molecular weight excluding hydrogens is 377 g/mol. The van der Waals surface area contributed by atoms with Gasteiger partial charge in [0.15, 0.2) is 5.78 Å². The number of ketones is 1. The van der Waals surface area contributed by atoms with Crippen LogP contribution in [0, 0.1) is 28.3 Å². The molecule has 0 aliphatic heterocycles. The van der Waals surface area contributed by atoms with E-state index >= 15 is 0 Å². The highest BCUT2D eigenvalue weighted by molar-refractivity contribution is 6.12. The summed E-state index contributed by atoms with van der Waals surface area (Å²) in [5, 5.41) is 14.1. The first kappa shape index (κ1) is 21.7. The van der Waals surface area contributed by atoms with Crippen LogP contribution in [0.4, 0.5) is 10.1 Å². The molecule has 1 N–H and O–H groups in total. The highest BCUT2D eigenvalue weighted by Gasteiger charge is 2.23. The number of likely N-dealkylation sites (N-methyl/N-ethyl adjacent to an activating group) is 1. The lowest BCUT2D eigenvalue weighted by Crippen LogP contribution is -2.35. The van der Waals surface area contributed by atoms with Gasteiger partial charge < -0.3 is 5.32 Å². The minimum atomic E-state index is -0.723. The number of nitrogens with zero attached hydrogens (tertiary/aromatic N) is 2. The molecule has 0 aliphatic carbocycles. The monoisotopic (exact) mass is 397 g/mol. The predicted molar refractivity (Wildman–Crippen MR) is 106 cm³/mol. The Bertz CT molecular complexity index is 951. The Kier molecular flexibility index (Phi) is 7.57. The van der Waals surface area contributed by atoms with Crippen molar-refractivity contribution in [2.24, 2.45) is 0 Å². The van der Waals surface area contributed by atoms with Crippen LogP contribution in [0.5, 0.6) is 0 Å². The van der Waals surface area contributed by atoms with E-state index in [2.05, 4.69) is 11.2 Å². The average molecular weight is 397 g/mol. The number of rotatable bonds is 9. The number of hydrogen-bond acceptors (Lipinski definition) is 5. The third-order valence-electron chi connectivity index (χ3n) is 4.28. The lowest BCUT2D eigenvalue weighted by Gasteiger charge is -2.17. The van der Waals surface area contributed by atoms with Crippen molar-refractivity contribution in [3.63, 3.8) is 0 Å². The van der Waals surface area contributed by atoms with Crippen LogP contribution >= 0.6 is 0 Å². The van der Waals surface area contributed by atoms with E-state index in [1.165, 1.54) is 24.3 Å². The van der Waals surface area contributed by atoms with Gasteiger partial charge in [0.1, 0.15) is 11.4 Å². The average Bonchev–Trinajstić information content (AvgIpc) is 2.72. The zero-order valence-electron chi connectivity index (χ0n) is 15.9. The lowest BCUT2D eigenvalue weighted by atomic mass is 10.00. The van der Waals surface area contributed by atoms with Gasteiger partial charge in [0, 0.05) is 30.3 Å². The van der Waals surface area contributed by atoms with Crippen LogP contribution in [0.25, 0.3) is 0 Å². The highest BCUT2D eigenvalue weighted by Crippen LogP contribution is 2.23. The molecule has 2 rings (SSSR count). The zero-order chi connectivity index (χ0) is 21.4. The third kappa shape index (κ3) is 5.70. The van der Waals surface area contributed by atoms with Crippen molar-refractivity contribution in [1.82, 2.24) is 10.2 Å². The van der Waals surface area contributed by atoms with Crippen LogP contribution in [0.1, 0.15) is 33.2 Å². The second kappa shape index (κ2) is 10.1. The molecule has 0 spiro atoms. The molecule has 0 heterocycles. The molecule has 0 radical (unpaired) electrons. The molecule has 0 unspecified atom stereocenters. The fourth-order valence-corrected chi connectivity index (χ4v) is 2.68. The van der Waals surface area contributed by atoms with Crippen molar-refractivity contribution in [2.45, 2.75) is 6.92 Å². The summed E-state index contributed by atoms with van der Waals surface area (Å²) >= 11 is 0. The number of terminal acetylenes is 1. The second-order valence-electron chi connectivity index (χ2n) is 6.15. The molecule has 2 aromatic carbocycles. The number of hydrogen-bond donors (Lipinski definition) is 1. The van der Waals surface area contributed by atoms with Crippen LogP contribution in [-0.4, -0.2) is 47.7 Å². The minimum absolute atomic E-state index is 0.0624. The maximum atomic E-state index is 13.0. The molecule has 1 amide bonds. The zero-order valence-corrected chi connectivity index (χ0v) is 15.9. The Hall–Kier alpha value is -3.57. The molecule has 0 aliphatic rings. The Balaban J connectivity index is 2.17. The summed E-state index contributed by atoms with van der Waals surface area (Å²) in [6.45, 7) is 3.98. The Morgan fingerprint density at radius 3 is 2.45 bits per heavy atom. The predicted octanol–water partition coefficient (Wildman–Crippen LogP) is 2.65. The number of benzene rings is 2. The van der Waals surface area contributed by atoms with E-state index in [0.29, 0.717) is 19.6 Å². The van der Waals surface area contributed by atoms with Crippen molar-refractivity contribution in [1.29, 1.82) is 0 Å². The summed E-state index contributed by atoms with van der Waals surface area (Å²) in [4.78, 5) is 37.5. The van der Waals surface area contributed by atoms with Gasteiger partial charge >= 0.3 is 0 Å². The van der Waals surface area contributed by atoms with Crippen molar-refractivity contribution in [3.05, 3.63) is 75.1 Å². The van der Waals surface area contributed by atoms with Crippen LogP contribution < -0.4 is 5.32 Å². The van der Waals surface area contributed by atoms with E-state index < -0.39 is 28.1 Å². The smallest absolute Gasteiger partial charge is 0.281 e. The van der Waals surface area contributed by atoms with Crippen molar-refractivity contribution in [3.8, 4) is 12.3 Å². The van der Waals surface area contributed by atoms with Crippen LogP contribution in [0.15, 0.2) is 42.5 Å². The van der Waals surface area contributed by atoms with Crippen LogP contribution in [0.3, 0.4) is 0 Å². The molecule has 2 aromatic rings. The fourth-order valence-electron chi connectivity index (χ4n) is 2.68. The molecule has 0 atom stereocenters. The van der Waals surface area contributed by atoms with Crippen molar-refractivity contribution < 1.29 is 18.9 Å². The van der Waals surface area contributed by atoms with E-state index in [1.807, 2.05) is 11.8 Å². The van der Waals surface area contributed by atoms with Crippen molar-refractivity contribution >= 4 is 17.4 Å².